The van der Waals surface area contributed by atoms with Gasteiger partial charge in [0.15, 0.2) is 0 Å². The summed E-state index contributed by atoms with van der Waals surface area (Å²) < 4.78 is 5.26. The van der Waals surface area contributed by atoms with Crippen LogP contribution in [0.5, 0.6) is 0 Å². The van der Waals surface area contributed by atoms with Crippen molar-refractivity contribution in [2.75, 3.05) is 12.0 Å². The Kier molecular flexibility index (Phi) is 8.25. The highest BCUT2D eigenvalue weighted by Gasteiger charge is 2.24. The van der Waals surface area contributed by atoms with Crippen molar-refractivity contribution in [1.29, 1.82) is 0 Å². The van der Waals surface area contributed by atoms with E-state index in [4.69, 9.17) is 4.74 Å². The fraction of sp³-hybridized carbons (Fsp3) is 0.474. The number of hydrogen-bond donors (Lipinski definition) is 2. The standard InChI is InChI=1S/C19H26N4O3S2/c1-19(2,3)26-18(25)23-15(7-9-27-4)16(24)21-11-14-12-28-17(22-14)13-6-5-8-20-10-13/h5-6,8,10,12,15H,7,9,11H2,1-4H3,(H,21,24)(H,23,25). The van der Waals surface area contributed by atoms with Crippen LogP contribution in [-0.2, 0) is 16.1 Å². The number of thiazole rings is 1. The number of rotatable bonds is 8. The molecule has 28 heavy (non-hydrogen) atoms. The highest BCUT2D eigenvalue weighted by atomic mass is 32.2. The summed E-state index contributed by atoms with van der Waals surface area (Å²) in [5, 5.41) is 8.27. The van der Waals surface area contributed by atoms with E-state index in [9.17, 15) is 9.59 Å². The second-order valence-corrected chi connectivity index (χ2v) is 8.93. The number of nitrogens with zero attached hydrogens (tertiary/aromatic N) is 2. The molecule has 0 fully saturated rings. The van der Waals surface area contributed by atoms with Gasteiger partial charge in [-0.1, -0.05) is 0 Å². The predicted molar refractivity (Wildman–Crippen MR) is 113 cm³/mol. The Morgan fingerprint density at radius 2 is 2.14 bits per heavy atom. The Morgan fingerprint density at radius 1 is 1.36 bits per heavy atom. The van der Waals surface area contributed by atoms with E-state index >= 15 is 0 Å². The third kappa shape index (κ3) is 7.47. The monoisotopic (exact) mass is 422 g/mol. The second-order valence-electron chi connectivity index (χ2n) is 7.08. The molecule has 0 aliphatic heterocycles. The molecule has 2 rings (SSSR count). The van der Waals surface area contributed by atoms with Crippen molar-refractivity contribution in [2.24, 2.45) is 0 Å². The average molecular weight is 423 g/mol. The molecular weight excluding hydrogens is 396 g/mol. The number of hydrogen-bond acceptors (Lipinski definition) is 7. The molecule has 2 amide bonds. The van der Waals surface area contributed by atoms with Crippen LogP contribution in [0.2, 0.25) is 0 Å². The third-order valence-corrected chi connectivity index (χ3v) is 5.11. The molecule has 7 nitrogen and oxygen atoms in total. The maximum absolute atomic E-state index is 12.6. The second kappa shape index (κ2) is 10.4. The quantitative estimate of drug-likeness (QED) is 0.677. The van der Waals surface area contributed by atoms with Crippen LogP contribution in [-0.4, -0.2) is 45.6 Å². The Hall–Kier alpha value is -2.13. The van der Waals surface area contributed by atoms with Crippen molar-refractivity contribution in [2.45, 2.75) is 45.4 Å². The molecule has 1 atom stereocenters. The van der Waals surface area contributed by atoms with Crippen molar-refractivity contribution in [3.63, 3.8) is 0 Å². The summed E-state index contributed by atoms with van der Waals surface area (Å²) in [6.07, 6.45) is 5.35. The Labute approximate surface area is 173 Å². The number of amides is 2. The van der Waals surface area contributed by atoms with Crippen molar-refractivity contribution in [3.05, 3.63) is 35.6 Å². The summed E-state index contributed by atoms with van der Waals surface area (Å²) in [6, 6.07) is 3.15. The van der Waals surface area contributed by atoms with E-state index in [1.165, 1.54) is 11.3 Å². The summed E-state index contributed by atoms with van der Waals surface area (Å²) in [7, 11) is 0. The fourth-order valence-electron chi connectivity index (χ4n) is 2.27. The number of pyridine rings is 1. The Morgan fingerprint density at radius 3 is 2.79 bits per heavy atom. The topological polar surface area (TPSA) is 93.2 Å². The van der Waals surface area contributed by atoms with Crippen molar-refractivity contribution < 1.29 is 14.3 Å². The average Bonchev–Trinajstić information content (AvgIpc) is 3.11. The normalized spacial score (nSPS) is 12.3. The minimum Gasteiger partial charge on any atom is -0.444 e. The number of ether oxygens (including phenoxy) is 1. The summed E-state index contributed by atoms with van der Waals surface area (Å²) in [5.74, 6) is 0.492. The van der Waals surface area contributed by atoms with Crippen LogP contribution in [0.1, 0.15) is 32.9 Å². The molecule has 0 aliphatic carbocycles. The smallest absolute Gasteiger partial charge is 0.408 e. The first-order valence-corrected chi connectivity index (χ1v) is 11.2. The zero-order valence-electron chi connectivity index (χ0n) is 16.5. The predicted octanol–water partition coefficient (Wildman–Crippen LogP) is 3.47. The van der Waals surface area contributed by atoms with Crippen molar-refractivity contribution in [1.82, 2.24) is 20.6 Å². The highest BCUT2D eigenvalue weighted by molar-refractivity contribution is 7.98. The van der Waals surface area contributed by atoms with Crippen LogP contribution in [0.25, 0.3) is 10.6 Å². The number of carbonyl (C=O) groups is 2. The van der Waals surface area contributed by atoms with E-state index in [1.807, 2.05) is 23.8 Å². The third-order valence-electron chi connectivity index (χ3n) is 3.52. The van der Waals surface area contributed by atoms with Crippen LogP contribution >= 0.6 is 23.1 Å². The van der Waals surface area contributed by atoms with Gasteiger partial charge in [0, 0.05) is 23.3 Å². The van der Waals surface area contributed by atoms with Gasteiger partial charge in [0.05, 0.1) is 12.2 Å². The molecule has 0 bridgehead atoms. The lowest BCUT2D eigenvalue weighted by atomic mass is 10.2. The molecule has 0 saturated heterocycles. The first-order valence-electron chi connectivity index (χ1n) is 8.89. The number of nitrogens with one attached hydrogen (secondary N) is 2. The lowest BCUT2D eigenvalue weighted by Crippen LogP contribution is -2.48. The van der Waals surface area contributed by atoms with Gasteiger partial charge in [-0.3, -0.25) is 9.78 Å². The molecule has 0 aliphatic rings. The number of aromatic nitrogens is 2. The van der Waals surface area contributed by atoms with E-state index < -0.39 is 17.7 Å². The van der Waals surface area contributed by atoms with Gasteiger partial charge in [-0.05, 0) is 51.3 Å². The van der Waals surface area contributed by atoms with Gasteiger partial charge in [0.25, 0.3) is 0 Å². The maximum Gasteiger partial charge on any atom is 0.408 e. The molecule has 1 unspecified atom stereocenters. The summed E-state index contributed by atoms with van der Waals surface area (Å²) in [4.78, 5) is 33.2. The SMILES string of the molecule is CSCCC(NC(=O)OC(C)(C)C)C(=O)NCc1csc(-c2cccnc2)n1. The number of carbonyl (C=O) groups excluding carboxylic acids is 2. The molecule has 2 N–H and O–H groups in total. The van der Waals surface area contributed by atoms with E-state index in [0.29, 0.717) is 13.0 Å². The lowest BCUT2D eigenvalue weighted by molar-refractivity contribution is -0.123. The van der Waals surface area contributed by atoms with Crippen LogP contribution in [0.15, 0.2) is 29.9 Å². The van der Waals surface area contributed by atoms with Gasteiger partial charge < -0.3 is 15.4 Å². The lowest BCUT2D eigenvalue weighted by Gasteiger charge is -2.23. The Balaban J connectivity index is 1.93. The first kappa shape index (κ1) is 22.2. The molecule has 0 spiro atoms. The van der Waals surface area contributed by atoms with E-state index in [2.05, 4.69) is 20.6 Å². The van der Waals surface area contributed by atoms with Gasteiger partial charge in [-0.2, -0.15) is 11.8 Å². The van der Waals surface area contributed by atoms with Crippen LogP contribution in [0.3, 0.4) is 0 Å². The molecule has 2 heterocycles. The van der Waals surface area contributed by atoms with Gasteiger partial charge in [0.2, 0.25) is 5.91 Å². The molecule has 152 valence electrons. The highest BCUT2D eigenvalue weighted by Crippen LogP contribution is 2.22. The van der Waals surface area contributed by atoms with Crippen LogP contribution in [0.4, 0.5) is 4.79 Å². The van der Waals surface area contributed by atoms with E-state index in [-0.39, 0.29) is 5.91 Å². The molecular formula is C19H26N4O3S2. The molecule has 0 aromatic carbocycles. The van der Waals surface area contributed by atoms with E-state index in [0.717, 1.165) is 22.0 Å². The molecule has 2 aromatic rings. The zero-order valence-corrected chi connectivity index (χ0v) is 18.2. The molecule has 0 radical (unpaired) electrons. The van der Waals surface area contributed by atoms with Crippen molar-refractivity contribution >= 4 is 35.1 Å². The minimum atomic E-state index is -0.654. The molecule has 0 saturated carbocycles. The van der Waals surface area contributed by atoms with Crippen LogP contribution in [0, 0.1) is 0 Å². The van der Waals surface area contributed by atoms with Crippen molar-refractivity contribution in [3.8, 4) is 10.6 Å². The van der Waals surface area contributed by atoms with Gasteiger partial charge in [-0.15, -0.1) is 11.3 Å². The summed E-state index contributed by atoms with van der Waals surface area (Å²) in [6.45, 7) is 5.64. The summed E-state index contributed by atoms with van der Waals surface area (Å²) >= 11 is 3.11. The van der Waals surface area contributed by atoms with Crippen LogP contribution < -0.4 is 10.6 Å². The first-order chi connectivity index (χ1) is 13.3. The number of thioether (sulfide) groups is 1. The summed E-state index contributed by atoms with van der Waals surface area (Å²) in [5.41, 5.74) is 1.08. The van der Waals surface area contributed by atoms with Gasteiger partial charge in [-0.25, -0.2) is 9.78 Å². The fourth-order valence-corrected chi connectivity index (χ4v) is 3.55. The largest absolute Gasteiger partial charge is 0.444 e. The van der Waals surface area contributed by atoms with E-state index in [1.54, 1.807) is 44.9 Å². The molecule has 9 heteroatoms. The number of alkyl carbamates (subject to hydrolysis) is 1. The maximum atomic E-state index is 12.6. The minimum absolute atomic E-state index is 0.254. The van der Waals surface area contributed by atoms with Gasteiger partial charge >= 0.3 is 6.09 Å². The van der Waals surface area contributed by atoms with Gasteiger partial charge in [0.1, 0.15) is 16.7 Å². The zero-order chi connectivity index (χ0) is 20.6. The molecule has 2 aromatic heterocycles. The Bertz CT molecular complexity index is 775.